The average Bonchev–Trinajstić information content (AvgIpc) is 2.01. The summed E-state index contributed by atoms with van der Waals surface area (Å²) in [7, 11) is 0. The van der Waals surface area contributed by atoms with Crippen LogP contribution in [0.1, 0.15) is 32.6 Å². The molecular formula is C9H16O2. The number of unbranched alkanes of at least 4 members (excludes halogenated alkanes) is 1. The minimum atomic E-state index is -0.366. The molecule has 64 valence electrons. The Labute approximate surface area is 67.9 Å². The van der Waals surface area contributed by atoms with Crippen LogP contribution in [0, 0.1) is 0 Å². The smallest absolute Gasteiger partial charge is 0.123 e. The maximum Gasteiger partial charge on any atom is 0.123 e. The fraction of sp³-hybridized carbons (Fsp3) is 0.667. The van der Waals surface area contributed by atoms with Crippen LogP contribution >= 0.6 is 0 Å². The second-order valence-corrected chi connectivity index (χ2v) is 2.54. The molecule has 11 heavy (non-hydrogen) atoms. The van der Waals surface area contributed by atoms with Gasteiger partial charge < -0.3 is 9.90 Å². The minimum Gasteiger partial charge on any atom is -0.389 e. The third kappa shape index (κ3) is 7.26. The van der Waals surface area contributed by atoms with E-state index in [1.165, 1.54) is 0 Å². The van der Waals surface area contributed by atoms with Gasteiger partial charge in [-0.1, -0.05) is 31.9 Å². The molecule has 2 nitrogen and oxygen atoms in total. The molecule has 0 heterocycles. The maximum atomic E-state index is 9.87. The van der Waals surface area contributed by atoms with Gasteiger partial charge in [-0.2, -0.15) is 0 Å². The van der Waals surface area contributed by atoms with Gasteiger partial charge in [0, 0.05) is 6.42 Å². The first-order valence-corrected chi connectivity index (χ1v) is 4.09. The van der Waals surface area contributed by atoms with Gasteiger partial charge in [-0.25, -0.2) is 0 Å². The number of carbonyl (C=O) groups excluding carboxylic acids is 1. The molecule has 0 saturated carbocycles. The van der Waals surface area contributed by atoms with Crippen molar-refractivity contribution in [2.75, 3.05) is 0 Å². The Morgan fingerprint density at radius 3 is 2.82 bits per heavy atom. The highest BCUT2D eigenvalue weighted by atomic mass is 16.3. The summed E-state index contributed by atoms with van der Waals surface area (Å²) in [5.41, 5.74) is 0. The van der Waals surface area contributed by atoms with Crippen LogP contribution in [0.2, 0.25) is 0 Å². The summed E-state index contributed by atoms with van der Waals surface area (Å²) in [6.45, 7) is 2.09. The molecule has 0 aromatic rings. The van der Waals surface area contributed by atoms with E-state index in [1.807, 2.05) is 0 Å². The molecule has 0 radical (unpaired) electrons. The molecule has 0 amide bonds. The lowest BCUT2D eigenvalue weighted by Crippen LogP contribution is -2.00. The summed E-state index contributed by atoms with van der Waals surface area (Å²) in [5.74, 6) is 0. The first kappa shape index (κ1) is 10.4. The summed E-state index contributed by atoms with van der Waals surface area (Å²) in [4.78, 5) is 9.87. The Morgan fingerprint density at radius 2 is 2.27 bits per heavy atom. The number of allylic oxidation sites excluding steroid dienone is 1. The highest BCUT2D eigenvalue weighted by Crippen LogP contribution is 2.01. The monoisotopic (exact) mass is 156 g/mol. The Kier molecular flexibility index (Phi) is 7.05. The Hall–Kier alpha value is -0.630. The standard InChI is InChI=1S/C9H16O2/c1-2-3-6-9(11)7-4-5-8-10/h4,7-9,11H,2-3,5-6H2,1H3. The summed E-state index contributed by atoms with van der Waals surface area (Å²) >= 11 is 0. The molecule has 0 rings (SSSR count). The predicted molar refractivity (Wildman–Crippen MR) is 45.4 cm³/mol. The van der Waals surface area contributed by atoms with Crippen molar-refractivity contribution in [2.24, 2.45) is 0 Å². The molecule has 0 fully saturated rings. The molecule has 1 atom stereocenters. The van der Waals surface area contributed by atoms with Crippen LogP contribution in [-0.2, 0) is 4.79 Å². The zero-order chi connectivity index (χ0) is 8.53. The Bertz CT molecular complexity index is 119. The van der Waals surface area contributed by atoms with Gasteiger partial charge >= 0.3 is 0 Å². The van der Waals surface area contributed by atoms with E-state index in [9.17, 15) is 9.90 Å². The van der Waals surface area contributed by atoms with Crippen LogP contribution in [0.3, 0.4) is 0 Å². The van der Waals surface area contributed by atoms with Gasteiger partial charge in [0.1, 0.15) is 6.29 Å². The van der Waals surface area contributed by atoms with Crippen molar-refractivity contribution in [1.82, 2.24) is 0 Å². The van der Waals surface area contributed by atoms with Gasteiger partial charge in [-0.05, 0) is 6.42 Å². The van der Waals surface area contributed by atoms with Crippen LogP contribution in [0.5, 0.6) is 0 Å². The number of carbonyl (C=O) groups is 1. The van der Waals surface area contributed by atoms with Crippen LogP contribution in [0.15, 0.2) is 12.2 Å². The number of rotatable bonds is 6. The highest BCUT2D eigenvalue weighted by Gasteiger charge is 1.95. The number of aliphatic hydroxyl groups is 1. The molecule has 0 aromatic carbocycles. The molecule has 0 aliphatic heterocycles. The van der Waals surface area contributed by atoms with E-state index in [4.69, 9.17) is 0 Å². The summed E-state index contributed by atoms with van der Waals surface area (Å²) in [5, 5.41) is 9.20. The summed E-state index contributed by atoms with van der Waals surface area (Å²) < 4.78 is 0. The van der Waals surface area contributed by atoms with E-state index in [0.717, 1.165) is 25.5 Å². The zero-order valence-electron chi connectivity index (χ0n) is 6.99. The lowest BCUT2D eigenvalue weighted by molar-refractivity contribution is -0.107. The molecule has 0 saturated heterocycles. The molecule has 0 aliphatic carbocycles. The van der Waals surface area contributed by atoms with Crippen molar-refractivity contribution in [2.45, 2.75) is 38.7 Å². The fourth-order valence-corrected chi connectivity index (χ4v) is 0.801. The molecule has 0 aliphatic rings. The van der Waals surface area contributed by atoms with E-state index in [2.05, 4.69) is 6.92 Å². The number of aliphatic hydroxyl groups excluding tert-OH is 1. The normalized spacial score (nSPS) is 13.6. The molecule has 0 bridgehead atoms. The van der Waals surface area contributed by atoms with Crippen LogP contribution in [0.4, 0.5) is 0 Å². The minimum absolute atomic E-state index is 0.366. The van der Waals surface area contributed by atoms with Crippen LogP contribution in [-0.4, -0.2) is 17.5 Å². The van der Waals surface area contributed by atoms with Crippen molar-refractivity contribution in [1.29, 1.82) is 0 Å². The third-order valence-corrected chi connectivity index (χ3v) is 1.44. The second-order valence-electron chi connectivity index (χ2n) is 2.54. The molecule has 0 spiro atoms. The molecule has 1 unspecified atom stereocenters. The molecule has 0 aromatic heterocycles. The van der Waals surface area contributed by atoms with E-state index in [-0.39, 0.29) is 6.10 Å². The maximum absolute atomic E-state index is 9.87. The Morgan fingerprint density at radius 1 is 1.55 bits per heavy atom. The molecule has 2 heteroatoms. The quantitative estimate of drug-likeness (QED) is 0.469. The third-order valence-electron chi connectivity index (χ3n) is 1.44. The zero-order valence-corrected chi connectivity index (χ0v) is 6.99. The van der Waals surface area contributed by atoms with Crippen molar-refractivity contribution >= 4 is 6.29 Å². The van der Waals surface area contributed by atoms with Gasteiger partial charge in [0.15, 0.2) is 0 Å². The summed E-state index contributed by atoms with van der Waals surface area (Å²) in [6, 6.07) is 0. The Balaban J connectivity index is 3.34. The van der Waals surface area contributed by atoms with Crippen LogP contribution in [0.25, 0.3) is 0 Å². The van der Waals surface area contributed by atoms with Crippen molar-refractivity contribution in [3.63, 3.8) is 0 Å². The average molecular weight is 156 g/mol. The van der Waals surface area contributed by atoms with E-state index >= 15 is 0 Å². The van der Waals surface area contributed by atoms with Gasteiger partial charge in [-0.15, -0.1) is 0 Å². The second kappa shape index (κ2) is 7.48. The van der Waals surface area contributed by atoms with Crippen molar-refractivity contribution in [3.05, 3.63) is 12.2 Å². The van der Waals surface area contributed by atoms with E-state index in [0.29, 0.717) is 6.42 Å². The van der Waals surface area contributed by atoms with E-state index < -0.39 is 0 Å². The molecule has 1 N–H and O–H groups in total. The van der Waals surface area contributed by atoms with Gasteiger partial charge in [0.25, 0.3) is 0 Å². The lowest BCUT2D eigenvalue weighted by Gasteiger charge is -2.01. The van der Waals surface area contributed by atoms with E-state index in [1.54, 1.807) is 12.2 Å². The van der Waals surface area contributed by atoms with Gasteiger partial charge in [0.2, 0.25) is 0 Å². The van der Waals surface area contributed by atoms with Gasteiger partial charge in [0.05, 0.1) is 6.10 Å². The number of hydrogen-bond donors (Lipinski definition) is 1. The van der Waals surface area contributed by atoms with Crippen LogP contribution < -0.4 is 0 Å². The predicted octanol–water partition coefficient (Wildman–Crippen LogP) is 1.68. The van der Waals surface area contributed by atoms with Gasteiger partial charge in [-0.3, -0.25) is 0 Å². The topological polar surface area (TPSA) is 37.3 Å². The lowest BCUT2D eigenvalue weighted by atomic mass is 10.1. The molecular weight excluding hydrogens is 140 g/mol. The fourth-order valence-electron chi connectivity index (χ4n) is 0.801. The highest BCUT2D eigenvalue weighted by molar-refractivity contribution is 5.51. The number of hydrogen-bond acceptors (Lipinski definition) is 2. The first-order chi connectivity index (χ1) is 5.31. The van der Waals surface area contributed by atoms with Crippen molar-refractivity contribution < 1.29 is 9.90 Å². The number of aldehydes is 1. The van der Waals surface area contributed by atoms with Crippen molar-refractivity contribution in [3.8, 4) is 0 Å². The first-order valence-electron chi connectivity index (χ1n) is 4.09. The SMILES string of the molecule is CCCCC(O)C=CCC=O. The summed E-state index contributed by atoms with van der Waals surface area (Å²) in [6.07, 6.45) is 7.18. The largest absolute Gasteiger partial charge is 0.389 e.